The lowest BCUT2D eigenvalue weighted by Gasteiger charge is -2.19. The molecule has 3 atom stereocenters. The van der Waals surface area contributed by atoms with E-state index in [9.17, 15) is 4.79 Å². The summed E-state index contributed by atoms with van der Waals surface area (Å²) in [5, 5.41) is 7.70. The molecule has 4 rings (SSSR count). The highest BCUT2D eigenvalue weighted by Gasteiger charge is 2.46. The molecular weight excluding hydrogens is 312 g/mol. The normalized spacial score (nSPS) is 26.1. The first kappa shape index (κ1) is 15.3. The molecule has 8 heteroatoms. The third-order valence-corrected chi connectivity index (χ3v) is 4.98. The maximum atomic E-state index is 12.8. The lowest BCUT2D eigenvalue weighted by Crippen LogP contribution is -2.32. The van der Waals surface area contributed by atoms with Crippen LogP contribution in [0.25, 0.3) is 0 Å². The van der Waals surface area contributed by atoms with Crippen molar-refractivity contribution in [1.82, 2.24) is 20.2 Å². The van der Waals surface area contributed by atoms with E-state index in [4.69, 9.17) is 13.8 Å². The van der Waals surface area contributed by atoms with Crippen LogP contribution in [0.4, 0.5) is 0 Å². The molecule has 4 heterocycles. The zero-order valence-electron chi connectivity index (χ0n) is 14.0. The predicted octanol–water partition coefficient (Wildman–Crippen LogP) is 1.31. The number of hydrogen-bond donors (Lipinski definition) is 0. The van der Waals surface area contributed by atoms with Gasteiger partial charge in [-0.05, 0) is 26.7 Å². The minimum absolute atomic E-state index is 0.0309. The number of rotatable bonds is 3. The van der Waals surface area contributed by atoms with Crippen molar-refractivity contribution < 1.29 is 18.6 Å². The summed E-state index contributed by atoms with van der Waals surface area (Å²) in [5.74, 6) is 2.39. The monoisotopic (exact) mass is 332 g/mol. The molecule has 2 saturated heterocycles. The van der Waals surface area contributed by atoms with Crippen LogP contribution in [0, 0.1) is 32.6 Å². The van der Waals surface area contributed by atoms with E-state index >= 15 is 0 Å². The molecule has 0 aromatic carbocycles. The third-order valence-electron chi connectivity index (χ3n) is 4.98. The molecule has 2 aliphatic heterocycles. The Bertz CT molecular complexity index is 748. The standard InChI is InChI=1S/C16H20N4O4/c1-8-15(9(2)23-18-8)16(21)20-5-12-11(7-22-13(12)6-20)4-14-17-10(3)19-24-14/h11-13H,4-7H2,1-3H3/t11-,12-,13-/m0/s1. The molecule has 128 valence electrons. The van der Waals surface area contributed by atoms with Crippen molar-refractivity contribution in [3.63, 3.8) is 0 Å². The number of likely N-dealkylation sites (tertiary alicyclic amines) is 1. The lowest BCUT2D eigenvalue weighted by atomic mass is 9.90. The van der Waals surface area contributed by atoms with E-state index in [0.29, 0.717) is 60.8 Å². The summed E-state index contributed by atoms with van der Waals surface area (Å²) < 4.78 is 16.2. The Hall–Kier alpha value is -2.22. The Morgan fingerprint density at radius 3 is 2.71 bits per heavy atom. The Kier molecular flexibility index (Phi) is 3.64. The van der Waals surface area contributed by atoms with Crippen LogP contribution in [-0.4, -0.2) is 51.9 Å². The fourth-order valence-electron chi connectivity index (χ4n) is 3.77. The van der Waals surface area contributed by atoms with Gasteiger partial charge in [-0.15, -0.1) is 0 Å². The predicted molar refractivity (Wildman–Crippen MR) is 81.3 cm³/mol. The molecular formula is C16H20N4O4. The molecule has 0 radical (unpaired) electrons. The van der Waals surface area contributed by atoms with Crippen LogP contribution in [0.2, 0.25) is 0 Å². The molecule has 2 aromatic heterocycles. The Balaban J connectivity index is 1.47. The van der Waals surface area contributed by atoms with Crippen molar-refractivity contribution >= 4 is 5.91 Å². The molecule has 8 nitrogen and oxygen atoms in total. The average molecular weight is 332 g/mol. The minimum atomic E-state index is -0.0309. The van der Waals surface area contributed by atoms with Gasteiger partial charge >= 0.3 is 0 Å². The second-order valence-electron chi connectivity index (χ2n) is 6.64. The van der Waals surface area contributed by atoms with Crippen molar-refractivity contribution in [2.75, 3.05) is 19.7 Å². The second kappa shape index (κ2) is 5.70. The Morgan fingerprint density at radius 2 is 2.04 bits per heavy atom. The highest BCUT2D eigenvalue weighted by atomic mass is 16.5. The Labute approximate surface area is 139 Å². The highest BCUT2D eigenvalue weighted by molar-refractivity contribution is 5.96. The van der Waals surface area contributed by atoms with Gasteiger partial charge in [0.25, 0.3) is 5.91 Å². The summed E-state index contributed by atoms with van der Waals surface area (Å²) in [4.78, 5) is 18.9. The van der Waals surface area contributed by atoms with Gasteiger partial charge in [-0.1, -0.05) is 10.3 Å². The molecule has 0 saturated carbocycles. The zero-order valence-corrected chi connectivity index (χ0v) is 14.0. The van der Waals surface area contributed by atoms with Gasteiger partial charge < -0.3 is 18.7 Å². The van der Waals surface area contributed by atoms with Gasteiger partial charge in [0.15, 0.2) is 5.82 Å². The number of ether oxygens (including phenoxy) is 1. The molecule has 2 aliphatic rings. The van der Waals surface area contributed by atoms with Crippen LogP contribution in [0.1, 0.15) is 33.5 Å². The number of nitrogens with zero attached hydrogens (tertiary/aromatic N) is 4. The van der Waals surface area contributed by atoms with Crippen LogP contribution >= 0.6 is 0 Å². The summed E-state index contributed by atoms with van der Waals surface area (Å²) in [5.41, 5.74) is 1.20. The molecule has 2 aromatic rings. The van der Waals surface area contributed by atoms with E-state index in [1.54, 1.807) is 20.8 Å². The van der Waals surface area contributed by atoms with E-state index in [1.165, 1.54) is 0 Å². The maximum absolute atomic E-state index is 12.8. The summed E-state index contributed by atoms with van der Waals surface area (Å²) >= 11 is 0. The highest BCUT2D eigenvalue weighted by Crippen LogP contribution is 2.36. The van der Waals surface area contributed by atoms with Gasteiger partial charge in [-0.25, -0.2) is 0 Å². The molecule has 24 heavy (non-hydrogen) atoms. The van der Waals surface area contributed by atoms with Gasteiger partial charge in [0.1, 0.15) is 11.3 Å². The smallest absolute Gasteiger partial charge is 0.259 e. The van der Waals surface area contributed by atoms with E-state index in [1.807, 2.05) is 4.90 Å². The molecule has 0 spiro atoms. The van der Waals surface area contributed by atoms with Crippen LogP contribution in [0.15, 0.2) is 9.05 Å². The minimum Gasteiger partial charge on any atom is -0.376 e. The summed E-state index contributed by atoms with van der Waals surface area (Å²) in [6.45, 7) is 7.31. The van der Waals surface area contributed by atoms with E-state index in [0.717, 1.165) is 0 Å². The number of amides is 1. The fraction of sp³-hybridized carbons (Fsp3) is 0.625. The summed E-state index contributed by atoms with van der Waals surface area (Å²) in [6, 6.07) is 0. The van der Waals surface area contributed by atoms with Crippen LogP contribution in [0.3, 0.4) is 0 Å². The fourth-order valence-corrected chi connectivity index (χ4v) is 3.77. The summed E-state index contributed by atoms with van der Waals surface area (Å²) in [6.07, 6.45) is 0.762. The number of aryl methyl sites for hydroxylation is 3. The van der Waals surface area contributed by atoms with Gasteiger partial charge in [0, 0.05) is 25.4 Å². The average Bonchev–Trinajstić information content (AvgIpc) is 3.27. The van der Waals surface area contributed by atoms with Crippen molar-refractivity contribution in [3.8, 4) is 0 Å². The maximum Gasteiger partial charge on any atom is 0.259 e. The Morgan fingerprint density at radius 1 is 1.21 bits per heavy atom. The summed E-state index contributed by atoms with van der Waals surface area (Å²) in [7, 11) is 0. The largest absolute Gasteiger partial charge is 0.376 e. The lowest BCUT2D eigenvalue weighted by molar-refractivity contribution is 0.0674. The van der Waals surface area contributed by atoms with Crippen molar-refractivity contribution in [3.05, 3.63) is 28.7 Å². The third kappa shape index (κ3) is 2.50. The molecule has 2 fully saturated rings. The first-order valence-corrected chi connectivity index (χ1v) is 8.16. The van der Waals surface area contributed by atoms with E-state index in [-0.39, 0.29) is 17.9 Å². The van der Waals surface area contributed by atoms with Gasteiger partial charge in [0.05, 0.1) is 18.4 Å². The van der Waals surface area contributed by atoms with Gasteiger partial charge in [-0.2, -0.15) is 4.98 Å². The van der Waals surface area contributed by atoms with Crippen LogP contribution < -0.4 is 0 Å². The van der Waals surface area contributed by atoms with E-state index < -0.39 is 0 Å². The molecule has 1 amide bonds. The SMILES string of the molecule is Cc1noc(C[C@H]2CO[C@H]3CN(C(=O)c4c(C)noc4C)C[C@@H]23)n1. The molecule has 0 bridgehead atoms. The van der Waals surface area contributed by atoms with Gasteiger partial charge in [0.2, 0.25) is 5.89 Å². The number of fused-ring (bicyclic) bond motifs is 1. The number of carbonyl (C=O) groups is 1. The number of aromatic nitrogens is 3. The first-order chi connectivity index (χ1) is 11.5. The number of carbonyl (C=O) groups excluding carboxylic acids is 1. The topological polar surface area (TPSA) is 94.5 Å². The van der Waals surface area contributed by atoms with Crippen molar-refractivity contribution in [2.45, 2.75) is 33.3 Å². The van der Waals surface area contributed by atoms with Crippen LogP contribution in [-0.2, 0) is 11.2 Å². The second-order valence-corrected chi connectivity index (χ2v) is 6.64. The molecule has 0 unspecified atom stereocenters. The first-order valence-electron chi connectivity index (χ1n) is 8.16. The van der Waals surface area contributed by atoms with Crippen LogP contribution in [0.5, 0.6) is 0 Å². The zero-order chi connectivity index (χ0) is 16.8. The quantitative estimate of drug-likeness (QED) is 0.836. The molecule has 0 aliphatic carbocycles. The van der Waals surface area contributed by atoms with Crippen molar-refractivity contribution in [1.29, 1.82) is 0 Å². The van der Waals surface area contributed by atoms with Crippen molar-refractivity contribution in [2.24, 2.45) is 11.8 Å². The number of hydrogen-bond acceptors (Lipinski definition) is 7. The van der Waals surface area contributed by atoms with Gasteiger partial charge in [-0.3, -0.25) is 4.79 Å². The van der Waals surface area contributed by atoms with E-state index in [2.05, 4.69) is 15.3 Å². The molecule has 0 N–H and O–H groups in total.